The van der Waals surface area contributed by atoms with Crippen molar-refractivity contribution in [2.24, 2.45) is 5.10 Å². The molecule has 11 nitrogen and oxygen atoms in total. The second-order valence-corrected chi connectivity index (χ2v) is 8.02. The number of pyridine rings is 1. The molecule has 0 aliphatic rings. The summed E-state index contributed by atoms with van der Waals surface area (Å²) >= 11 is 0. The molecule has 2 aromatic carbocycles. The lowest BCUT2D eigenvalue weighted by Crippen LogP contribution is -2.33. The Labute approximate surface area is 219 Å². The van der Waals surface area contributed by atoms with Crippen LogP contribution in [0.25, 0.3) is 0 Å². The highest BCUT2D eigenvalue weighted by molar-refractivity contribution is 5.93. The van der Waals surface area contributed by atoms with Crippen molar-refractivity contribution >= 4 is 23.7 Å². The third-order valence-corrected chi connectivity index (χ3v) is 5.34. The quantitative estimate of drug-likeness (QED) is 0.293. The van der Waals surface area contributed by atoms with Crippen LogP contribution in [0.3, 0.4) is 0 Å². The molecule has 0 aliphatic carbocycles. The van der Waals surface area contributed by atoms with Gasteiger partial charge in [-0.25, -0.2) is 5.43 Å². The molecule has 38 heavy (non-hydrogen) atoms. The fraction of sp³-hybridized carbons (Fsp3) is 0.222. The number of nitriles is 1. The van der Waals surface area contributed by atoms with Gasteiger partial charge in [-0.3, -0.25) is 14.4 Å². The van der Waals surface area contributed by atoms with Gasteiger partial charge in [0.25, 0.3) is 17.4 Å². The van der Waals surface area contributed by atoms with Crippen LogP contribution in [0.1, 0.15) is 22.4 Å². The summed E-state index contributed by atoms with van der Waals surface area (Å²) in [5.41, 5.74) is 3.95. The standard InChI is InChI=1S/C27H27N5O6/c1-18-12-20(16-36-2)22(13-28)27(35)32(18)15-25(33)31-29-14-19-8-10-21(11-9-19)38-17-26(34)30-23-6-4-5-7-24(23)37-3/h4-12,14H,15-17H2,1-3H3,(H,30,34)(H,31,33)/b29-14-. The topological polar surface area (TPSA) is 144 Å². The van der Waals surface area contributed by atoms with Crippen LogP contribution in [-0.2, 0) is 27.5 Å². The van der Waals surface area contributed by atoms with Crippen molar-refractivity contribution in [2.45, 2.75) is 20.1 Å². The van der Waals surface area contributed by atoms with Gasteiger partial charge in [0.1, 0.15) is 29.7 Å². The Kier molecular flexibility index (Phi) is 9.73. The van der Waals surface area contributed by atoms with Crippen LogP contribution in [-0.4, -0.2) is 43.4 Å². The molecular formula is C27H27N5O6. The molecule has 11 heteroatoms. The number of ether oxygens (including phenoxy) is 3. The number of anilines is 1. The first-order valence-electron chi connectivity index (χ1n) is 11.5. The summed E-state index contributed by atoms with van der Waals surface area (Å²) in [6.07, 6.45) is 1.42. The Morgan fingerprint density at radius 2 is 1.84 bits per heavy atom. The number of para-hydroxylation sites is 2. The van der Waals surface area contributed by atoms with E-state index < -0.39 is 11.5 Å². The van der Waals surface area contributed by atoms with Gasteiger partial charge in [-0.1, -0.05) is 12.1 Å². The first-order valence-corrected chi connectivity index (χ1v) is 11.5. The summed E-state index contributed by atoms with van der Waals surface area (Å²) < 4.78 is 17.0. The number of carbonyl (C=O) groups excluding carboxylic acids is 2. The van der Waals surface area contributed by atoms with Crippen molar-refractivity contribution in [2.75, 3.05) is 26.1 Å². The van der Waals surface area contributed by atoms with Crippen molar-refractivity contribution in [3.05, 3.63) is 87.3 Å². The number of aromatic nitrogens is 1. The Morgan fingerprint density at radius 3 is 2.53 bits per heavy atom. The van der Waals surface area contributed by atoms with E-state index >= 15 is 0 Å². The van der Waals surface area contributed by atoms with Gasteiger partial charge in [0.2, 0.25) is 0 Å². The van der Waals surface area contributed by atoms with Crippen LogP contribution in [0.5, 0.6) is 11.5 Å². The van der Waals surface area contributed by atoms with Crippen LogP contribution < -0.4 is 25.8 Å². The molecule has 3 aromatic rings. The number of benzene rings is 2. The highest BCUT2D eigenvalue weighted by atomic mass is 16.5. The van der Waals surface area contributed by atoms with E-state index in [1.807, 2.05) is 6.07 Å². The van der Waals surface area contributed by atoms with Crippen LogP contribution in [0.15, 0.2) is 64.5 Å². The molecular weight excluding hydrogens is 490 g/mol. The number of nitrogens with zero attached hydrogens (tertiary/aromatic N) is 3. The average Bonchev–Trinajstić information content (AvgIpc) is 2.91. The van der Waals surface area contributed by atoms with Gasteiger partial charge in [0, 0.05) is 18.4 Å². The van der Waals surface area contributed by atoms with Crippen LogP contribution in [0, 0.1) is 18.3 Å². The van der Waals surface area contributed by atoms with Crippen molar-refractivity contribution in [1.82, 2.24) is 9.99 Å². The molecule has 2 N–H and O–H groups in total. The monoisotopic (exact) mass is 517 g/mol. The SMILES string of the molecule is COCc1cc(C)n(CC(=O)N/N=C\c2ccc(OCC(=O)Nc3ccccc3OC)cc2)c(=O)c1C#N. The number of carbonyl (C=O) groups is 2. The number of nitrogens with one attached hydrogen (secondary N) is 2. The number of rotatable bonds is 11. The lowest BCUT2D eigenvalue weighted by Gasteiger charge is -2.12. The maximum absolute atomic E-state index is 12.6. The van der Waals surface area contributed by atoms with Gasteiger partial charge >= 0.3 is 0 Å². The van der Waals surface area contributed by atoms with Crippen molar-refractivity contribution in [3.8, 4) is 17.6 Å². The first kappa shape index (κ1) is 27.6. The third-order valence-electron chi connectivity index (χ3n) is 5.34. The van der Waals surface area contributed by atoms with Gasteiger partial charge in [-0.05, 0) is 55.0 Å². The fourth-order valence-electron chi connectivity index (χ4n) is 3.51. The lowest BCUT2D eigenvalue weighted by molar-refractivity contribution is -0.121. The minimum atomic E-state index is -0.564. The molecule has 3 rings (SSSR count). The van der Waals surface area contributed by atoms with Gasteiger partial charge in [0.15, 0.2) is 6.61 Å². The Morgan fingerprint density at radius 1 is 1.11 bits per heavy atom. The average molecular weight is 518 g/mol. The fourth-order valence-corrected chi connectivity index (χ4v) is 3.51. The summed E-state index contributed by atoms with van der Waals surface area (Å²) in [6.45, 7) is 1.30. The summed E-state index contributed by atoms with van der Waals surface area (Å²) in [7, 11) is 2.99. The molecule has 1 heterocycles. The van der Waals surface area contributed by atoms with E-state index in [0.717, 1.165) is 0 Å². The molecule has 0 fully saturated rings. The molecule has 1 aromatic heterocycles. The van der Waals surface area contributed by atoms with E-state index in [4.69, 9.17) is 14.2 Å². The minimum Gasteiger partial charge on any atom is -0.495 e. The minimum absolute atomic E-state index is 0.0617. The van der Waals surface area contributed by atoms with E-state index in [-0.39, 0.29) is 31.2 Å². The van der Waals surface area contributed by atoms with Gasteiger partial charge < -0.3 is 24.1 Å². The van der Waals surface area contributed by atoms with E-state index in [2.05, 4.69) is 15.8 Å². The van der Waals surface area contributed by atoms with Gasteiger partial charge in [-0.2, -0.15) is 10.4 Å². The molecule has 0 saturated carbocycles. The predicted molar refractivity (Wildman–Crippen MR) is 140 cm³/mol. The number of hydrazone groups is 1. The zero-order chi connectivity index (χ0) is 27.5. The Balaban J connectivity index is 1.52. The highest BCUT2D eigenvalue weighted by Crippen LogP contribution is 2.23. The van der Waals surface area contributed by atoms with E-state index in [1.54, 1.807) is 61.5 Å². The number of methoxy groups -OCH3 is 2. The maximum atomic E-state index is 12.6. The highest BCUT2D eigenvalue weighted by Gasteiger charge is 2.15. The van der Waals surface area contributed by atoms with E-state index in [0.29, 0.717) is 34.0 Å². The first-order chi connectivity index (χ1) is 18.4. The molecule has 0 atom stereocenters. The van der Waals surface area contributed by atoms with Crippen LogP contribution in [0.4, 0.5) is 5.69 Å². The molecule has 0 saturated heterocycles. The normalized spacial score (nSPS) is 10.6. The number of amides is 2. The number of hydrogen-bond acceptors (Lipinski definition) is 8. The molecule has 0 bridgehead atoms. The summed E-state index contributed by atoms with van der Waals surface area (Å²) in [6, 6.07) is 17.3. The Bertz CT molecular complexity index is 1420. The largest absolute Gasteiger partial charge is 0.495 e. The van der Waals surface area contributed by atoms with Crippen LogP contribution in [0.2, 0.25) is 0 Å². The zero-order valence-electron chi connectivity index (χ0n) is 21.2. The number of aryl methyl sites for hydroxylation is 1. The smallest absolute Gasteiger partial charge is 0.269 e. The second-order valence-electron chi connectivity index (χ2n) is 8.02. The molecule has 196 valence electrons. The second kappa shape index (κ2) is 13.4. The zero-order valence-corrected chi connectivity index (χ0v) is 21.2. The molecule has 0 unspecified atom stereocenters. The summed E-state index contributed by atoms with van der Waals surface area (Å²) in [5, 5.41) is 16.0. The molecule has 2 amide bonds. The summed E-state index contributed by atoms with van der Waals surface area (Å²) in [4.78, 5) is 37.1. The molecule has 0 radical (unpaired) electrons. The van der Waals surface area contributed by atoms with Crippen LogP contribution >= 0.6 is 0 Å². The van der Waals surface area contributed by atoms with E-state index in [1.165, 1.54) is 25.0 Å². The maximum Gasteiger partial charge on any atom is 0.269 e. The summed E-state index contributed by atoms with van der Waals surface area (Å²) in [5.74, 6) is 0.148. The number of hydrogen-bond donors (Lipinski definition) is 2. The van der Waals surface area contributed by atoms with Gasteiger partial charge in [-0.15, -0.1) is 0 Å². The lowest BCUT2D eigenvalue weighted by atomic mass is 10.1. The van der Waals surface area contributed by atoms with Crippen molar-refractivity contribution < 1.29 is 23.8 Å². The Hall–Kier alpha value is -4.95. The van der Waals surface area contributed by atoms with E-state index in [9.17, 15) is 19.6 Å². The predicted octanol–water partition coefficient (Wildman–Crippen LogP) is 2.35. The van der Waals surface area contributed by atoms with Gasteiger partial charge in [0.05, 0.1) is 25.6 Å². The third kappa shape index (κ3) is 7.28. The molecule has 0 spiro atoms. The van der Waals surface area contributed by atoms with Crippen molar-refractivity contribution in [3.63, 3.8) is 0 Å². The van der Waals surface area contributed by atoms with Crippen molar-refractivity contribution in [1.29, 1.82) is 5.26 Å². The molecule has 0 aliphatic heterocycles.